The number of aryl methyl sites for hydroxylation is 1. The van der Waals surface area contributed by atoms with E-state index in [1.807, 2.05) is 55.7 Å². The fraction of sp³-hybridized carbons (Fsp3) is 0.190. The van der Waals surface area contributed by atoms with Crippen molar-refractivity contribution in [2.24, 2.45) is 7.05 Å². The van der Waals surface area contributed by atoms with Crippen molar-refractivity contribution in [2.45, 2.75) is 13.0 Å². The lowest BCUT2D eigenvalue weighted by Gasteiger charge is -2.18. The monoisotopic (exact) mass is 343 g/mol. The number of benzene rings is 2. The van der Waals surface area contributed by atoms with Gasteiger partial charge in [-0.1, -0.05) is 42.5 Å². The largest absolute Gasteiger partial charge is 0.352 e. The standard InChI is InChI=1S/C21H21N5/c1-25(15-21-23-17-10-6-7-11-18(17)26(21)2)20-12-13-22-19(24-20)14-16-8-4-3-5-9-16/h3-13H,14-15H2,1-2H3. The van der Waals surface area contributed by atoms with E-state index < -0.39 is 0 Å². The molecule has 0 unspecified atom stereocenters. The van der Waals surface area contributed by atoms with Crippen molar-refractivity contribution in [2.75, 3.05) is 11.9 Å². The summed E-state index contributed by atoms with van der Waals surface area (Å²) in [6.07, 6.45) is 2.56. The second kappa shape index (κ2) is 6.96. The molecule has 0 N–H and O–H groups in total. The molecule has 0 radical (unpaired) electrons. The topological polar surface area (TPSA) is 46.8 Å². The van der Waals surface area contributed by atoms with Gasteiger partial charge in [0, 0.05) is 26.7 Å². The maximum atomic E-state index is 4.75. The average Bonchev–Trinajstić information content (AvgIpc) is 2.99. The van der Waals surface area contributed by atoms with Crippen LogP contribution in [0.1, 0.15) is 17.2 Å². The van der Waals surface area contributed by atoms with Crippen LogP contribution in [-0.2, 0) is 20.0 Å². The number of imidazole rings is 1. The molecule has 0 aliphatic rings. The number of hydrogen-bond donors (Lipinski definition) is 0. The highest BCUT2D eigenvalue weighted by atomic mass is 15.2. The van der Waals surface area contributed by atoms with Gasteiger partial charge in [-0.15, -0.1) is 0 Å². The van der Waals surface area contributed by atoms with E-state index in [9.17, 15) is 0 Å². The van der Waals surface area contributed by atoms with Gasteiger partial charge < -0.3 is 9.47 Å². The molecule has 0 aliphatic carbocycles. The first-order valence-corrected chi connectivity index (χ1v) is 8.68. The molecule has 0 fully saturated rings. The number of para-hydroxylation sites is 2. The van der Waals surface area contributed by atoms with Crippen molar-refractivity contribution >= 4 is 16.9 Å². The fourth-order valence-electron chi connectivity index (χ4n) is 3.09. The summed E-state index contributed by atoms with van der Waals surface area (Å²) in [6.45, 7) is 0.687. The molecule has 0 saturated carbocycles. The van der Waals surface area contributed by atoms with E-state index in [1.54, 1.807) is 0 Å². The Morgan fingerprint density at radius 2 is 1.69 bits per heavy atom. The highest BCUT2D eigenvalue weighted by molar-refractivity contribution is 5.75. The second-order valence-electron chi connectivity index (χ2n) is 6.43. The van der Waals surface area contributed by atoms with Crippen LogP contribution in [0.4, 0.5) is 5.82 Å². The van der Waals surface area contributed by atoms with Crippen LogP contribution in [0.3, 0.4) is 0 Å². The first-order chi connectivity index (χ1) is 12.7. The quantitative estimate of drug-likeness (QED) is 0.555. The molecular weight excluding hydrogens is 322 g/mol. The molecule has 5 heteroatoms. The number of nitrogens with zero attached hydrogens (tertiary/aromatic N) is 5. The third-order valence-electron chi connectivity index (χ3n) is 4.55. The molecule has 0 amide bonds. The van der Waals surface area contributed by atoms with Gasteiger partial charge in [-0.05, 0) is 23.8 Å². The molecule has 2 heterocycles. The Balaban J connectivity index is 1.55. The molecule has 26 heavy (non-hydrogen) atoms. The summed E-state index contributed by atoms with van der Waals surface area (Å²) in [5.41, 5.74) is 3.37. The van der Waals surface area contributed by atoms with E-state index >= 15 is 0 Å². The maximum absolute atomic E-state index is 4.75. The third-order valence-corrected chi connectivity index (χ3v) is 4.55. The number of anilines is 1. The van der Waals surface area contributed by atoms with E-state index in [0.717, 1.165) is 34.9 Å². The minimum Gasteiger partial charge on any atom is -0.352 e. The number of rotatable bonds is 5. The lowest BCUT2D eigenvalue weighted by Crippen LogP contribution is -2.20. The van der Waals surface area contributed by atoms with Crippen molar-refractivity contribution < 1.29 is 0 Å². The molecule has 0 saturated heterocycles. The molecule has 4 aromatic rings. The smallest absolute Gasteiger partial charge is 0.135 e. The summed E-state index contributed by atoms with van der Waals surface area (Å²) in [7, 11) is 4.09. The van der Waals surface area contributed by atoms with E-state index in [-0.39, 0.29) is 0 Å². The minimum absolute atomic E-state index is 0.687. The molecule has 0 atom stereocenters. The van der Waals surface area contributed by atoms with Crippen molar-refractivity contribution in [3.63, 3.8) is 0 Å². The van der Waals surface area contributed by atoms with Crippen LogP contribution in [0.15, 0.2) is 66.9 Å². The van der Waals surface area contributed by atoms with E-state index in [0.29, 0.717) is 6.54 Å². The van der Waals surface area contributed by atoms with Gasteiger partial charge in [0.1, 0.15) is 17.5 Å². The summed E-state index contributed by atoms with van der Waals surface area (Å²) in [5.74, 6) is 2.74. The Kier molecular flexibility index (Phi) is 4.35. The van der Waals surface area contributed by atoms with Crippen LogP contribution >= 0.6 is 0 Å². The molecule has 0 aliphatic heterocycles. The molecular formula is C21H21N5. The molecule has 0 bridgehead atoms. The van der Waals surface area contributed by atoms with Crippen molar-refractivity contribution in [1.82, 2.24) is 19.5 Å². The van der Waals surface area contributed by atoms with Crippen molar-refractivity contribution in [3.05, 3.63) is 84.1 Å². The van der Waals surface area contributed by atoms with E-state index in [1.165, 1.54) is 5.56 Å². The van der Waals surface area contributed by atoms with Gasteiger partial charge in [-0.3, -0.25) is 0 Å². The Morgan fingerprint density at radius 1 is 0.923 bits per heavy atom. The fourth-order valence-corrected chi connectivity index (χ4v) is 3.09. The first kappa shape index (κ1) is 16.3. The van der Waals surface area contributed by atoms with Crippen molar-refractivity contribution in [3.8, 4) is 0 Å². The summed E-state index contributed by atoms with van der Waals surface area (Å²) < 4.78 is 2.14. The van der Waals surface area contributed by atoms with Gasteiger partial charge in [0.05, 0.1) is 17.6 Å². The summed E-state index contributed by atoms with van der Waals surface area (Å²) >= 11 is 0. The zero-order valence-electron chi connectivity index (χ0n) is 15.0. The Hall–Kier alpha value is -3.21. The molecule has 2 aromatic heterocycles. The predicted molar refractivity (Wildman–Crippen MR) is 104 cm³/mol. The Morgan fingerprint density at radius 3 is 2.50 bits per heavy atom. The highest BCUT2D eigenvalue weighted by Gasteiger charge is 2.11. The second-order valence-corrected chi connectivity index (χ2v) is 6.43. The number of hydrogen-bond acceptors (Lipinski definition) is 4. The van der Waals surface area contributed by atoms with Crippen LogP contribution in [0.25, 0.3) is 11.0 Å². The molecule has 4 rings (SSSR count). The number of fused-ring (bicyclic) bond motifs is 1. The lowest BCUT2D eigenvalue weighted by atomic mass is 10.1. The first-order valence-electron chi connectivity index (χ1n) is 8.68. The normalized spacial score (nSPS) is 11.0. The average molecular weight is 343 g/mol. The zero-order valence-corrected chi connectivity index (χ0v) is 15.0. The van der Waals surface area contributed by atoms with Gasteiger partial charge in [-0.25, -0.2) is 15.0 Å². The SMILES string of the molecule is CN(Cc1nc2ccccc2n1C)c1ccnc(Cc2ccccc2)n1. The van der Waals surface area contributed by atoms with Crippen LogP contribution in [-0.4, -0.2) is 26.6 Å². The van der Waals surface area contributed by atoms with Crippen molar-refractivity contribution in [1.29, 1.82) is 0 Å². The third kappa shape index (κ3) is 3.28. The van der Waals surface area contributed by atoms with Gasteiger partial charge in [0.15, 0.2) is 0 Å². The summed E-state index contributed by atoms with van der Waals surface area (Å²) in [5, 5.41) is 0. The molecule has 130 valence electrons. The van der Waals surface area contributed by atoms with Crippen LogP contribution in [0.5, 0.6) is 0 Å². The lowest BCUT2D eigenvalue weighted by molar-refractivity contribution is 0.763. The minimum atomic E-state index is 0.687. The zero-order chi connectivity index (χ0) is 17.9. The van der Waals surface area contributed by atoms with Crippen LogP contribution < -0.4 is 4.90 Å². The summed E-state index contributed by atoms with van der Waals surface area (Å²) in [6, 6.07) is 20.4. The van der Waals surface area contributed by atoms with Gasteiger partial charge >= 0.3 is 0 Å². The van der Waals surface area contributed by atoms with Crippen LogP contribution in [0.2, 0.25) is 0 Å². The van der Waals surface area contributed by atoms with E-state index in [2.05, 4.69) is 39.7 Å². The van der Waals surface area contributed by atoms with Gasteiger partial charge in [0.2, 0.25) is 0 Å². The molecule has 0 spiro atoms. The maximum Gasteiger partial charge on any atom is 0.135 e. The highest BCUT2D eigenvalue weighted by Crippen LogP contribution is 2.18. The van der Waals surface area contributed by atoms with Gasteiger partial charge in [0.25, 0.3) is 0 Å². The molecule has 5 nitrogen and oxygen atoms in total. The molecule has 2 aromatic carbocycles. The van der Waals surface area contributed by atoms with Gasteiger partial charge in [-0.2, -0.15) is 0 Å². The van der Waals surface area contributed by atoms with Crippen LogP contribution in [0, 0.1) is 0 Å². The Labute approximate surface area is 153 Å². The predicted octanol–water partition coefficient (Wildman–Crippen LogP) is 3.59. The van der Waals surface area contributed by atoms with E-state index in [4.69, 9.17) is 9.97 Å². The Bertz CT molecular complexity index is 1020. The number of aromatic nitrogens is 4. The summed E-state index contributed by atoms with van der Waals surface area (Å²) in [4.78, 5) is 16.0.